The van der Waals surface area contributed by atoms with Gasteiger partial charge in [0.1, 0.15) is 0 Å². The number of nitrogens with one attached hydrogen (secondary N) is 1. The third kappa shape index (κ3) is 1.91. The van der Waals surface area contributed by atoms with Crippen LogP contribution in [0, 0.1) is 11.8 Å². The van der Waals surface area contributed by atoms with Crippen LogP contribution in [-0.4, -0.2) is 18.7 Å². The molecule has 0 spiro atoms. The molecule has 0 saturated heterocycles. The highest BCUT2D eigenvalue weighted by Crippen LogP contribution is 2.38. The average Bonchev–Trinajstić information content (AvgIpc) is 2.10. The lowest BCUT2D eigenvalue weighted by atomic mass is 9.70. The molecule has 3 heteroatoms. The minimum absolute atomic E-state index is 0.265. The van der Waals surface area contributed by atoms with Crippen molar-refractivity contribution >= 4 is 6.09 Å². The van der Waals surface area contributed by atoms with E-state index in [-0.39, 0.29) is 6.09 Å². The van der Waals surface area contributed by atoms with Crippen LogP contribution in [-0.2, 0) is 4.74 Å². The van der Waals surface area contributed by atoms with Gasteiger partial charge in [-0.2, -0.15) is 0 Å². The summed E-state index contributed by atoms with van der Waals surface area (Å²) in [4.78, 5) is 11.2. The zero-order valence-corrected chi connectivity index (χ0v) is 8.53. The number of carbonyl (C=O) groups is 1. The molecule has 2 aliphatic carbocycles. The van der Waals surface area contributed by atoms with Crippen LogP contribution in [0.4, 0.5) is 4.79 Å². The van der Waals surface area contributed by atoms with E-state index < -0.39 is 0 Å². The maximum absolute atomic E-state index is 11.2. The Morgan fingerprint density at radius 2 is 2.21 bits per heavy atom. The molecule has 1 amide bonds. The molecule has 0 aliphatic heterocycles. The van der Waals surface area contributed by atoms with E-state index >= 15 is 0 Å². The maximum atomic E-state index is 11.2. The van der Waals surface area contributed by atoms with Crippen LogP contribution in [0.3, 0.4) is 0 Å². The van der Waals surface area contributed by atoms with E-state index in [0.29, 0.717) is 18.6 Å². The molecular formula is C11H17NO2. The van der Waals surface area contributed by atoms with Crippen LogP contribution in [0.5, 0.6) is 0 Å². The lowest BCUT2D eigenvalue weighted by molar-refractivity contribution is 0.140. The molecule has 0 aromatic rings. The lowest BCUT2D eigenvalue weighted by Crippen LogP contribution is -2.42. The van der Waals surface area contributed by atoms with E-state index in [0.717, 1.165) is 18.8 Å². The molecule has 1 fully saturated rings. The van der Waals surface area contributed by atoms with Crippen LogP contribution in [0.25, 0.3) is 0 Å². The summed E-state index contributed by atoms with van der Waals surface area (Å²) in [6.45, 7) is 2.27. The Labute approximate surface area is 84.5 Å². The number of fused-ring (bicyclic) bond motifs is 1. The monoisotopic (exact) mass is 195 g/mol. The van der Waals surface area contributed by atoms with Gasteiger partial charge in [0.25, 0.3) is 0 Å². The molecule has 2 aliphatic rings. The van der Waals surface area contributed by atoms with Gasteiger partial charge in [-0.3, -0.25) is 0 Å². The number of hydrogen-bond donors (Lipinski definition) is 1. The van der Waals surface area contributed by atoms with Gasteiger partial charge >= 0.3 is 6.09 Å². The van der Waals surface area contributed by atoms with Gasteiger partial charge < -0.3 is 10.1 Å². The number of allylic oxidation sites excluding steroid dienone is 2. The SMILES string of the molecule is CCOC(=O)NC1CC[C@H]2C=C[C@H]2C1. The van der Waals surface area contributed by atoms with E-state index in [4.69, 9.17) is 4.74 Å². The summed E-state index contributed by atoms with van der Waals surface area (Å²) in [5.41, 5.74) is 0. The Morgan fingerprint density at radius 3 is 2.79 bits per heavy atom. The molecule has 14 heavy (non-hydrogen) atoms. The first kappa shape index (κ1) is 9.56. The summed E-state index contributed by atoms with van der Waals surface area (Å²) < 4.78 is 4.86. The van der Waals surface area contributed by atoms with Gasteiger partial charge in [-0.1, -0.05) is 12.2 Å². The Bertz CT molecular complexity index is 250. The molecule has 3 nitrogen and oxygen atoms in total. The van der Waals surface area contributed by atoms with Gasteiger partial charge in [0.15, 0.2) is 0 Å². The highest BCUT2D eigenvalue weighted by atomic mass is 16.5. The quantitative estimate of drug-likeness (QED) is 0.685. The Balaban J connectivity index is 1.76. The highest BCUT2D eigenvalue weighted by Gasteiger charge is 2.32. The Kier molecular flexibility index (Phi) is 2.75. The van der Waals surface area contributed by atoms with Crippen LogP contribution < -0.4 is 5.32 Å². The van der Waals surface area contributed by atoms with Crippen molar-refractivity contribution < 1.29 is 9.53 Å². The predicted octanol–water partition coefficient (Wildman–Crippen LogP) is 2.09. The summed E-state index contributed by atoms with van der Waals surface area (Å²) in [6.07, 6.45) is 7.65. The third-order valence-corrected chi connectivity index (χ3v) is 3.16. The molecule has 78 valence electrons. The van der Waals surface area contributed by atoms with E-state index in [9.17, 15) is 4.79 Å². The van der Waals surface area contributed by atoms with Gasteiger partial charge in [-0.15, -0.1) is 0 Å². The van der Waals surface area contributed by atoms with Crippen LogP contribution in [0.1, 0.15) is 26.2 Å². The van der Waals surface area contributed by atoms with E-state index in [1.165, 1.54) is 6.42 Å². The maximum Gasteiger partial charge on any atom is 0.407 e. The summed E-state index contributed by atoms with van der Waals surface area (Å²) >= 11 is 0. The molecule has 1 N–H and O–H groups in total. The van der Waals surface area contributed by atoms with Crippen molar-refractivity contribution in [3.05, 3.63) is 12.2 Å². The van der Waals surface area contributed by atoms with Crippen molar-refractivity contribution in [1.29, 1.82) is 0 Å². The summed E-state index contributed by atoms with van der Waals surface area (Å²) in [7, 11) is 0. The van der Waals surface area contributed by atoms with Gasteiger partial charge in [-0.05, 0) is 38.0 Å². The first-order valence-electron chi connectivity index (χ1n) is 5.41. The van der Waals surface area contributed by atoms with Crippen molar-refractivity contribution in [3.8, 4) is 0 Å². The molecule has 0 heterocycles. The van der Waals surface area contributed by atoms with Crippen molar-refractivity contribution in [2.75, 3.05) is 6.61 Å². The van der Waals surface area contributed by atoms with Gasteiger partial charge in [0.2, 0.25) is 0 Å². The summed E-state index contributed by atoms with van der Waals surface area (Å²) in [5.74, 6) is 1.49. The molecule has 1 unspecified atom stereocenters. The zero-order chi connectivity index (χ0) is 9.97. The van der Waals surface area contributed by atoms with Crippen LogP contribution in [0.15, 0.2) is 12.2 Å². The van der Waals surface area contributed by atoms with Crippen molar-refractivity contribution in [2.24, 2.45) is 11.8 Å². The lowest BCUT2D eigenvalue weighted by Gasteiger charge is -2.38. The summed E-state index contributed by atoms with van der Waals surface area (Å²) in [5, 5.41) is 2.91. The number of hydrogen-bond acceptors (Lipinski definition) is 2. The minimum Gasteiger partial charge on any atom is -0.450 e. The molecule has 0 bridgehead atoms. The smallest absolute Gasteiger partial charge is 0.407 e. The molecular weight excluding hydrogens is 178 g/mol. The van der Waals surface area contributed by atoms with E-state index in [1.807, 2.05) is 6.92 Å². The van der Waals surface area contributed by atoms with Gasteiger partial charge in [-0.25, -0.2) is 4.79 Å². The molecule has 0 aromatic heterocycles. The Morgan fingerprint density at radius 1 is 1.43 bits per heavy atom. The number of ether oxygens (including phenoxy) is 1. The third-order valence-electron chi connectivity index (χ3n) is 3.16. The van der Waals surface area contributed by atoms with E-state index in [2.05, 4.69) is 17.5 Å². The van der Waals surface area contributed by atoms with Crippen molar-refractivity contribution in [3.63, 3.8) is 0 Å². The zero-order valence-electron chi connectivity index (χ0n) is 8.53. The number of alkyl carbamates (subject to hydrolysis) is 1. The second kappa shape index (κ2) is 4.03. The first-order chi connectivity index (χ1) is 6.79. The van der Waals surface area contributed by atoms with E-state index in [1.54, 1.807) is 0 Å². The standard InChI is InChI=1S/C11H17NO2/c1-2-14-11(13)12-10-6-5-8-3-4-9(8)7-10/h3-4,8-10H,2,5-7H2,1H3,(H,12,13)/t8-,9+,10?/m1/s1. The van der Waals surface area contributed by atoms with Crippen LogP contribution in [0.2, 0.25) is 0 Å². The van der Waals surface area contributed by atoms with Gasteiger partial charge in [0, 0.05) is 6.04 Å². The fourth-order valence-corrected chi connectivity index (χ4v) is 2.30. The molecule has 0 aromatic carbocycles. The fraction of sp³-hybridized carbons (Fsp3) is 0.727. The number of carbonyl (C=O) groups excluding carboxylic acids is 1. The highest BCUT2D eigenvalue weighted by molar-refractivity contribution is 5.67. The van der Waals surface area contributed by atoms with Gasteiger partial charge in [0.05, 0.1) is 6.61 Å². The predicted molar refractivity (Wildman–Crippen MR) is 53.9 cm³/mol. The van der Waals surface area contributed by atoms with Crippen molar-refractivity contribution in [2.45, 2.75) is 32.2 Å². The number of rotatable bonds is 2. The molecule has 3 atom stereocenters. The normalized spacial score (nSPS) is 34.2. The second-order valence-electron chi connectivity index (χ2n) is 4.09. The van der Waals surface area contributed by atoms with Crippen LogP contribution >= 0.6 is 0 Å². The Hall–Kier alpha value is -0.990. The first-order valence-corrected chi connectivity index (χ1v) is 5.41. The average molecular weight is 195 g/mol. The molecule has 0 radical (unpaired) electrons. The topological polar surface area (TPSA) is 38.3 Å². The minimum atomic E-state index is -0.265. The van der Waals surface area contributed by atoms with Crippen molar-refractivity contribution in [1.82, 2.24) is 5.32 Å². The second-order valence-corrected chi connectivity index (χ2v) is 4.09. The molecule has 1 saturated carbocycles. The fourth-order valence-electron chi connectivity index (χ4n) is 2.30. The summed E-state index contributed by atoms with van der Waals surface area (Å²) in [6, 6.07) is 0.320. The number of amides is 1. The largest absolute Gasteiger partial charge is 0.450 e. The molecule has 2 rings (SSSR count).